The predicted octanol–water partition coefficient (Wildman–Crippen LogP) is 3.43. The lowest BCUT2D eigenvalue weighted by molar-refractivity contribution is 0.414. The zero-order chi connectivity index (χ0) is 9.80. The maximum absolute atomic E-state index is 5.23. The lowest BCUT2D eigenvalue weighted by atomic mass is 9.97. The van der Waals surface area contributed by atoms with Gasteiger partial charge >= 0.3 is 0 Å². The van der Waals surface area contributed by atoms with Crippen LogP contribution in [0.4, 0.5) is 0 Å². The van der Waals surface area contributed by atoms with Crippen molar-refractivity contribution in [3.8, 4) is 5.75 Å². The summed E-state index contributed by atoms with van der Waals surface area (Å²) in [5, 5.41) is 0. The highest BCUT2D eigenvalue weighted by atomic mass is 16.5. The topological polar surface area (TPSA) is 9.23 Å². The Kier molecular flexibility index (Phi) is 2.87. The summed E-state index contributed by atoms with van der Waals surface area (Å²) in [5.74, 6) is 0.970. The number of rotatable bonds is 1. The van der Waals surface area contributed by atoms with Crippen LogP contribution in [0.2, 0.25) is 0 Å². The minimum Gasteiger partial charge on any atom is -0.497 e. The van der Waals surface area contributed by atoms with Crippen molar-refractivity contribution in [2.75, 3.05) is 7.11 Å². The minimum atomic E-state index is 0.970. The molecule has 0 bridgehead atoms. The Balaban J connectivity index is 2.36. The Labute approximate surface area is 85.4 Å². The number of benzene rings is 1. The average Bonchev–Trinajstić information content (AvgIpc) is 2.18. The van der Waals surface area contributed by atoms with Crippen LogP contribution in [0.25, 0.3) is 6.08 Å². The van der Waals surface area contributed by atoms with Crippen molar-refractivity contribution in [2.45, 2.75) is 25.7 Å². The zero-order valence-electron chi connectivity index (χ0n) is 8.62. The molecule has 0 N–H and O–H groups in total. The van der Waals surface area contributed by atoms with Crippen LogP contribution in [-0.4, -0.2) is 7.11 Å². The smallest absolute Gasteiger partial charge is 0.119 e. The molecule has 1 nitrogen and oxygen atoms in total. The molecule has 1 aliphatic carbocycles. The first-order valence-electron chi connectivity index (χ1n) is 5.23. The largest absolute Gasteiger partial charge is 0.497 e. The third-order valence-corrected chi connectivity index (χ3v) is 2.71. The monoisotopic (exact) mass is 188 g/mol. The van der Waals surface area contributed by atoms with Gasteiger partial charge in [0.15, 0.2) is 0 Å². The first-order valence-corrected chi connectivity index (χ1v) is 5.23. The maximum atomic E-state index is 5.23. The molecule has 0 aromatic heterocycles. The van der Waals surface area contributed by atoms with Gasteiger partial charge in [-0.1, -0.05) is 18.2 Å². The molecule has 0 atom stereocenters. The molecule has 0 aliphatic heterocycles. The highest BCUT2D eigenvalue weighted by molar-refractivity contribution is 5.56. The van der Waals surface area contributed by atoms with E-state index in [0.717, 1.165) is 5.75 Å². The van der Waals surface area contributed by atoms with Gasteiger partial charge in [0.2, 0.25) is 0 Å². The van der Waals surface area contributed by atoms with E-state index in [4.69, 9.17) is 4.74 Å². The molecule has 0 radical (unpaired) electrons. The summed E-state index contributed by atoms with van der Waals surface area (Å²) in [7, 11) is 1.72. The molecule has 74 valence electrons. The van der Waals surface area contributed by atoms with E-state index in [0.29, 0.717) is 0 Å². The number of allylic oxidation sites excluding steroid dienone is 1. The molecule has 1 aromatic carbocycles. The summed E-state index contributed by atoms with van der Waals surface area (Å²) >= 11 is 0. The van der Waals surface area contributed by atoms with Gasteiger partial charge in [0.05, 0.1) is 7.11 Å². The Morgan fingerprint density at radius 3 is 3.00 bits per heavy atom. The fraction of sp³-hybridized carbons (Fsp3) is 0.385. The predicted molar refractivity (Wildman–Crippen MR) is 59.6 cm³/mol. The second kappa shape index (κ2) is 4.32. The van der Waals surface area contributed by atoms with Gasteiger partial charge in [-0.15, -0.1) is 0 Å². The van der Waals surface area contributed by atoms with Crippen molar-refractivity contribution >= 4 is 6.08 Å². The minimum absolute atomic E-state index is 0.970. The van der Waals surface area contributed by atoms with E-state index in [1.54, 1.807) is 7.11 Å². The molecule has 0 spiro atoms. The number of ether oxygens (including phenoxy) is 1. The molecule has 1 aromatic rings. The van der Waals surface area contributed by atoms with E-state index in [1.807, 2.05) is 6.07 Å². The van der Waals surface area contributed by atoms with Crippen molar-refractivity contribution in [2.24, 2.45) is 0 Å². The average molecular weight is 188 g/mol. The van der Waals surface area contributed by atoms with E-state index in [2.05, 4.69) is 24.3 Å². The summed E-state index contributed by atoms with van der Waals surface area (Å²) < 4.78 is 5.23. The Bertz CT molecular complexity index is 339. The first kappa shape index (κ1) is 9.32. The van der Waals surface area contributed by atoms with Crippen LogP contribution in [-0.2, 0) is 6.42 Å². The molecule has 2 rings (SSSR count). The number of hydrogen-bond donors (Lipinski definition) is 0. The quantitative estimate of drug-likeness (QED) is 0.656. The molecule has 1 aliphatic rings. The molecule has 0 unspecified atom stereocenters. The van der Waals surface area contributed by atoms with Gasteiger partial charge < -0.3 is 4.74 Å². The summed E-state index contributed by atoms with van der Waals surface area (Å²) in [6.45, 7) is 0. The molecular formula is C13H16O. The molecule has 0 fully saturated rings. The summed E-state index contributed by atoms with van der Waals surface area (Å²) in [5.41, 5.74) is 2.77. The Morgan fingerprint density at radius 2 is 2.14 bits per heavy atom. The van der Waals surface area contributed by atoms with Crippen LogP contribution in [0.3, 0.4) is 0 Å². The second-order valence-corrected chi connectivity index (χ2v) is 3.71. The molecule has 0 saturated heterocycles. The highest BCUT2D eigenvalue weighted by Gasteiger charge is 2.03. The third kappa shape index (κ3) is 1.98. The van der Waals surface area contributed by atoms with Crippen LogP contribution in [0.15, 0.2) is 24.3 Å². The molecular weight excluding hydrogens is 172 g/mol. The number of aryl methyl sites for hydroxylation is 1. The van der Waals surface area contributed by atoms with Crippen molar-refractivity contribution in [1.29, 1.82) is 0 Å². The number of methoxy groups -OCH3 is 1. The highest BCUT2D eigenvalue weighted by Crippen LogP contribution is 2.23. The van der Waals surface area contributed by atoms with Crippen LogP contribution in [0.1, 0.15) is 30.4 Å². The standard InChI is InChI=1S/C13H16O/c1-14-13-9-8-11-6-4-2-3-5-7-12(11)10-13/h4,6,8-10H,2-3,5,7H2,1H3. The second-order valence-electron chi connectivity index (χ2n) is 3.71. The van der Waals surface area contributed by atoms with Gasteiger partial charge in [0.25, 0.3) is 0 Å². The summed E-state index contributed by atoms with van der Waals surface area (Å²) in [6, 6.07) is 6.34. The number of hydrogen-bond acceptors (Lipinski definition) is 1. The van der Waals surface area contributed by atoms with Crippen LogP contribution in [0.5, 0.6) is 5.75 Å². The lowest BCUT2D eigenvalue weighted by Gasteiger charge is -2.10. The third-order valence-electron chi connectivity index (χ3n) is 2.71. The van der Waals surface area contributed by atoms with E-state index in [-0.39, 0.29) is 0 Å². The van der Waals surface area contributed by atoms with Gasteiger partial charge in [-0.2, -0.15) is 0 Å². The lowest BCUT2D eigenvalue weighted by Crippen LogP contribution is -1.94. The Morgan fingerprint density at radius 1 is 1.21 bits per heavy atom. The van der Waals surface area contributed by atoms with Crippen molar-refractivity contribution in [1.82, 2.24) is 0 Å². The van der Waals surface area contributed by atoms with E-state index >= 15 is 0 Å². The fourth-order valence-electron chi connectivity index (χ4n) is 1.88. The van der Waals surface area contributed by atoms with Gasteiger partial charge in [0.1, 0.15) is 5.75 Å². The molecule has 0 saturated carbocycles. The SMILES string of the molecule is COc1ccc2c(c1)CCCCC=C2. The van der Waals surface area contributed by atoms with E-state index in [1.165, 1.54) is 36.8 Å². The van der Waals surface area contributed by atoms with Crippen molar-refractivity contribution in [3.05, 3.63) is 35.4 Å². The van der Waals surface area contributed by atoms with Gasteiger partial charge in [-0.3, -0.25) is 0 Å². The van der Waals surface area contributed by atoms with E-state index in [9.17, 15) is 0 Å². The first-order chi connectivity index (χ1) is 6.90. The Hall–Kier alpha value is -1.24. The molecule has 0 heterocycles. The summed E-state index contributed by atoms with van der Waals surface area (Å²) in [6.07, 6.45) is 9.47. The van der Waals surface area contributed by atoms with Crippen molar-refractivity contribution < 1.29 is 4.74 Å². The number of fused-ring (bicyclic) bond motifs is 1. The van der Waals surface area contributed by atoms with Gasteiger partial charge in [0, 0.05) is 0 Å². The summed E-state index contributed by atoms with van der Waals surface area (Å²) in [4.78, 5) is 0. The maximum Gasteiger partial charge on any atom is 0.119 e. The van der Waals surface area contributed by atoms with Crippen LogP contribution < -0.4 is 4.74 Å². The van der Waals surface area contributed by atoms with Crippen LogP contribution in [0, 0.1) is 0 Å². The molecule has 14 heavy (non-hydrogen) atoms. The zero-order valence-corrected chi connectivity index (χ0v) is 8.62. The fourth-order valence-corrected chi connectivity index (χ4v) is 1.88. The molecule has 0 amide bonds. The van der Waals surface area contributed by atoms with Gasteiger partial charge in [-0.25, -0.2) is 0 Å². The van der Waals surface area contributed by atoms with Crippen LogP contribution >= 0.6 is 0 Å². The molecule has 1 heteroatoms. The van der Waals surface area contributed by atoms with Crippen molar-refractivity contribution in [3.63, 3.8) is 0 Å². The van der Waals surface area contributed by atoms with Gasteiger partial charge in [-0.05, 0) is 48.9 Å². The normalized spacial score (nSPS) is 15.5. The van der Waals surface area contributed by atoms with E-state index < -0.39 is 0 Å².